The number of carbonyl (C=O) groups excluding carboxylic acids is 3. The quantitative estimate of drug-likeness (QED) is 0.585. The monoisotopic (exact) mass is 436 g/mol. The first-order valence-electron chi connectivity index (χ1n) is 9.33. The maximum Gasteiger partial charge on any atom is 0.329 e. The van der Waals surface area contributed by atoms with E-state index >= 15 is 0 Å². The summed E-state index contributed by atoms with van der Waals surface area (Å²) in [6.45, 7) is 5.76. The molecule has 0 fully saturated rings. The maximum absolute atomic E-state index is 12.6. The Morgan fingerprint density at radius 1 is 1.10 bits per heavy atom. The van der Waals surface area contributed by atoms with E-state index in [0.29, 0.717) is 23.6 Å². The molecule has 0 bridgehead atoms. The standard InChI is InChI=1S/C21H25ClN2O4S/c1-13(2)11-18(24-20(26)15-6-8-16(22)9-7-15)21(27)28-14(3)19(25)23-12-17-5-4-10-29-17/h4-10,13-14,18H,11-12H2,1-3H3,(H,23,25)(H,24,26). The van der Waals surface area contributed by atoms with Crippen molar-refractivity contribution in [1.82, 2.24) is 10.6 Å². The topological polar surface area (TPSA) is 84.5 Å². The lowest BCUT2D eigenvalue weighted by atomic mass is 10.0. The molecule has 0 saturated heterocycles. The van der Waals surface area contributed by atoms with E-state index in [9.17, 15) is 14.4 Å². The summed E-state index contributed by atoms with van der Waals surface area (Å²) >= 11 is 7.37. The Labute approximate surface area is 179 Å². The molecule has 2 amide bonds. The largest absolute Gasteiger partial charge is 0.451 e. The van der Waals surface area contributed by atoms with E-state index in [4.69, 9.17) is 16.3 Å². The van der Waals surface area contributed by atoms with Crippen LogP contribution in [-0.4, -0.2) is 29.9 Å². The molecule has 6 nitrogen and oxygen atoms in total. The molecule has 0 saturated carbocycles. The number of hydrogen-bond donors (Lipinski definition) is 2. The van der Waals surface area contributed by atoms with E-state index < -0.39 is 24.0 Å². The minimum absolute atomic E-state index is 0.140. The fraction of sp³-hybridized carbons (Fsp3) is 0.381. The van der Waals surface area contributed by atoms with Gasteiger partial charge >= 0.3 is 5.97 Å². The fourth-order valence-corrected chi connectivity index (χ4v) is 3.34. The summed E-state index contributed by atoms with van der Waals surface area (Å²) in [6.07, 6.45) is -0.577. The minimum Gasteiger partial charge on any atom is -0.451 e. The summed E-state index contributed by atoms with van der Waals surface area (Å²) in [5.74, 6) is -1.29. The van der Waals surface area contributed by atoms with Crippen LogP contribution in [0.2, 0.25) is 5.02 Å². The molecular weight excluding hydrogens is 412 g/mol. The van der Waals surface area contributed by atoms with Crippen LogP contribution in [0.3, 0.4) is 0 Å². The number of halogens is 1. The smallest absolute Gasteiger partial charge is 0.329 e. The lowest BCUT2D eigenvalue weighted by Gasteiger charge is -2.21. The van der Waals surface area contributed by atoms with Gasteiger partial charge in [0.05, 0.1) is 6.54 Å². The minimum atomic E-state index is -0.968. The summed E-state index contributed by atoms with van der Waals surface area (Å²) in [5, 5.41) is 7.87. The van der Waals surface area contributed by atoms with Crippen molar-refractivity contribution in [3.8, 4) is 0 Å². The van der Waals surface area contributed by atoms with E-state index in [0.717, 1.165) is 4.88 Å². The molecule has 1 aromatic heterocycles. The van der Waals surface area contributed by atoms with Gasteiger partial charge in [-0.05, 0) is 55.0 Å². The Kier molecular flexibility index (Phi) is 8.67. The lowest BCUT2D eigenvalue weighted by molar-refractivity contribution is -0.157. The first kappa shape index (κ1) is 22.9. The third-order valence-corrected chi connectivity index (χ3v) is 5.21. The molecule has 2 N–H and O–H groups in total. The highest BCUT2D eigenvalue weighted by Gasteiger charge is 2.27. The molecule has 2 atom stereocenters. The van der Waals surface area contributed by atoms with Crippen molar-refractivity contribution < 1.29 is 19.1 Å². The van der Waals surface area contributed by atoms with Gasteiger partial charge in [0.2, 0.25) is 0 Å². The Balaban J connectivity index is 1.95. The van der Waals surface area contributed by atoms with Crippen LogP contribution in [0, 0.1) is 5.92 Å². The molecule has 0 radical (unpaired) electrons. The summed E-state index contributed by atoms with van der Waals surface area (Å²) < 4.78 is 5.32. The number of thiophene rings is 1. The van der Waals surface area contributed by atoms with Crippen molar-refractivity contribution in [2.45, 2.75) is 45.9 Å². The van der Waals surface area contributed by atoms with Crippen LogP contribution in [0.25, 0.3) is 0 Å². The number of benzene rings is 1. The van der Waals surface area contributed by atoms with Crippen LogP contribution in [0.15, 0.2) is 41.8 Å². The summed E-state index contributed by atoms with van der Waals surface area (Å²) in [6, 6.07) is 9.32. The number of rotatable bonds is 9. The van der Waals surface area contributed by atoms with Gasteiger partial charge in [0, 0.05) is 15.5 Å². The summed E-state index contributed by atoms with van der Waals surface area (Å²) in [7, 11) is 0. The second-order valence-electron chi connectivity index (χ2n) is 7.04. The molecule has 0 aliphatic carbocycles. The van der Waals surface area contributed by atoms with E-state index in [2.05, 4.69) is 10.6 Å². The van der Waals surface area contributed by atoms with E-state index in [-0.39, 0.29) is 11.8 Å². The van der Waals surface area contributed by atoms with Crippen molar-refractivity contribution in [3.63, 3.8) is 0 Å². The highest BCUT2D eigenvalue weighted by molar-refractivity contribution is 7.09. The van der Waals surface area contributed by atoms with E-state index in [1.807, 2.05) is 31.4 Å². The van der Waals surface area contributed by atoms with E-state index in [1.54, 1.807) is 24.3 Å². The second-order valence-corrected chi connectivity index (χ2v) is 8.51. The van der Waals surface area contributed by atoms with Crippen molar-refractivity contribution >= 4 is 40.7 Å². The number of hydrogen-bond acceptors (Lipinski definition) is 5. The van der Waals surface area contributed by atoms with Crippen molar-refractivity contribution in [3.05, 3.63) is 57.2 Å². The average Bonchev–Trinajstić information content (AvgIpc) is 3.19. The highest BCUT2D eigenvalue weighted by atomic mass is 35.5. The Morgan fingerprint density at radius 2 is 1.79 bits per heavy atom. The summed E-state index contributed by atoms with van der Waals surface area (Å²) in [5.41, 5.74) is 0.387. The number of ether oxygens (including phenoxy) is 1. The Bertz CT molecular complexity index is 822. The number of esters is 1. The van der Waals surface area contributed by atoms with Crippen LogP contribution in [0.5, 0.6) is 0 Å². The van der Waals surface area contributed by atoms with Crippen molar-refractivity contribution in [1.29, 1.82) is 0 Å². The van der Waals surface area contributed by atoms with Crippen molar-refractivity contribution in [2.24, 2.45) is 5.92 Å². The molecule has 29 heavy (non-hydrogen) atoms. The van der Waals surface area contributed by atoms with Gasteiger partial charge in [0.15, 0.2) is 6.10 Å². The van der Waals surface area contributed by atoms with Gasteiger partial charge in [-0.3, -0.25) is 9.59 Å². The van der Waals surface area contributed by atoms with Gasteiger partial charge in [0.25, 0.3) is 11.8 Å². The van der Waals surface area contributed by atoms with Gasteiger partial charge in [-0.15, -0.1) is 11.3 Å². The van der Waals surface area contributed by atoms with Gasteiger partial charge < -0.3 is 15.4 Å². The van der Waals surface area contributed by atoms with Gasteiger partial charge in [-0.25, -0.2) is 4.79 Å². The molecule has 8 heteroatoms. The first-order valence-corrected chi connectivity index (χ1v) is 10.6. The number of nitrogens with one attached hydrogen (secondary N) is 2. The Morgan fingerprint density at radius 3 is 2.38 bits per heavy atom. The molecule has 1 heterocycles. The highest BCUT2D eigenvalue weighted by Crippen LogP contribution is 2.13. The van der Waals surface area contributed by atoms with Crippen LogP contribution in [-0.2, 0) is 20.9 Å². The van der Waals surface area contributed by atoms with Gasteiger partial charge in [-0.2, -0.15) is 0 Å². The predicted octanol–water partition coefficient (Wildman–Crippen LogP) is 3.79. The zero-order valence-electron chi connectivity index (χ0n) is 16.6. The van der Waals surface area contributed by atoms with Crippen LogP contribution in [0.4, 0.5) is 0 Å². The zero-order chi connectivity index (χ0) is 21.4. The molecule has 0 aliphatic heterocycles. The molecule has 1 aromatic carbocycles. The Hall–Kier alpha value is -2.38. The van der Waals surface area contributed by atoms with Crippen LogP contribution < -0.4 is 10.6 Å². The van der Waals surface area contributed by atoms with Crippen LogP contribution >= 0.6 is 22.9 Å². The molecule has 2 rings (SSSR count). The second kappa shape index (κ2) is 11.0. The van der Waals surface area contributed by atoms with E-state index in [1.165, 1.54) is 18.3 Å². The zero-order valence-corrected chi connectivity index (χ0v) is 18.2. The third kappa shape index (κ3) is 7.51. The SMILES string of the molecule is CC(C)CC(NC(=O)c1ccc(Cl)cc1)C(=O)OC(C)C(=O)NCc1cccs1. The maximum atomic E-state index is 12.6. The predicted molar refractivity (Wildman–Crippen MR) is 114 cm³/mol. The number of amides is 2. The molecule has 0 aliphatic rings. The molecule has 2 aromatic rings. The molecule has 156 valence electrons. The van der Waals surface area contributed by atoms with Gasteiger partial charge in [-0.1, -0.05) is 31.5 Å². The summed E-state index contributed by atoms with van der Waals surface area (Å²) in [4.78, 5) is 38.3. The normalized spacial score (nSPS) is 12.9. The third-order valence-electron chi connectivity index (χ3n) is 4.08. The first-order chi connectivity index (χ1) is 13.8. The lowest BCUT2D eigenvalue weighted by Crippen LogP contribution is -2.45. The van der Waals surface area contributed by atoms with Gasteiger partial charge in [0.1, 0.15) is 6.04 Å². The van der Waals surface area contributed by atoms with Crippen LogP contribution in [0.1, 0.15) is 42.4 Å². The number of carbonyl (C=O) groups is 3. The molecular formula is C21H25ClN2O4S. The average molecular weight is 437 g/mol. The fourth-order valence-electron chi connectivity index (χ4n) is 2.57. The molecule has 0 spiro atoms. The van der Waals surface area contributed by atoms with Crippen molar-refractivity contribution in [2.75, 3.05) is 0 Å². The molecule has 2 unspecified atom stereocenters.